The van der Waals surface area contributed by atoms with Gasteiger partial charge in [0.2, 0.25) is 17.7 Å². The molecule has 1 aromatic carbocycles. The van der Waals surface area contributed by atoms with Crippen molar-refractivity contribution in [2.24, 2.45) is 0 Å². The lowest BCUT2D eigenvalue weighted by atomic mass is 9.81. The third-order valence-corrected chi connectivity index (χ3v) is 5.54. The number of amides is 1. The number of carbonyl (C=O) groups excluding carboxylic acids is 1. The first-order chi connectivity index (χ1) is 13.6. The number of nitrogen functional groups attached to an aromatic ring is 1. The van der Waals surface area contributed by atoms with Crippen molar-refractivity contribution in [1.82, 2.24) is 9.97 Å². The number of benzene rings is 1. The van der Waals surface area contributed by atoms with Gasteiger partial charge in [-0.2, -0.15) is 9.97 Å². The van der Waals surface area contributed by atoms with Gasteiger partial charge in [-0.3, -0.25) is 4.79 Å². The van der Waals surface area contributed by atoms with E-state index in [0.717, 1.165) is 17.7 Å². The lowest BCUT2D eigenvalue weighted by Crippen LogP contribution is -2.43. The first kappa shape index (κ1) is 18.5. The van der Waals surface area contributed by atoms with Gasteiger partial charge in [-0.1, -0.05) is 18.2 Å². The summed E-state index contributed by atoms with van der Waals surface area (Å²) in [5.74, 6) is 1.39. The second-order valence-corrected chi connectivity index (χ2v) is 7.05. The second kappa shape index (κ2) is 7.27. The third-order valence-electron chi connectivity index (χ3n) is 5.54. The average Bonchev–Trinajstić information content (AvgIpc) is 3.25. The van der Waals surface area contributed by atoms with Crippen molar-refractivity contribution >= 4 is 23.4 Å². The first-order valence-electron chi connectivity index (χ1n) is 9.52. The zero-order valence-electron chi connectivity index (χ0n) is 16.2. The first-order valence-corrected chi connectivity index (χ1v) is 9.52. The van der Waals surface area contributed by atoms with E-state index in [9.17, 15) is 4.79 Å². The Hall–Kier alpha value is -2.87. The van der Waals surface area contributed by atoms with E-state index in [1.165, 1.54) is 0 Å². The lowest BCUT2D eigenvalue weighted by Gasteiger charge is -2.25. The number of ether oxygens (including phenoxy) is 2. The maximum Gasteiger partial charge on any atom is 0.239 e. The predicted octanol–water partition coefficient (Wildman–Crippen LogP) is 1.60. The molecule has 2 N–H and O–H groups in total. The molecule has 1 spiro atoms. The number of hydrogen-bond donors (Lipinski definition) is 1. The molecule has 0 bridgehead atoms. The number of anilines is 3. The van der Waals surface area contributed by atoms with Gasteiger partial charge in [0.25, 0.3) is 0 Å². The topological polar surface area (TPSA) is 93.8 Å². The van der Waals surface area contributed by atoms with Gasteiger partial charge in [0.15, 0.2) is 0 Å². The predicted molar refractivity (Wildman–Crippen MR) is 107 cm³/mol. The molecule has 1 aromatic heterocycles. The fourth-order valence-corrected chi connectivity index (χ4v) is 4.22. The second-order valence-electron chi connectivity index (χ2n) is 7.05. The quantitative estimate of drug-likeness (QED) is 0.757. The van der Waals surface area contributed by atoms with Crippen molar-refractivity contribution in [2.75, 3.05) is 55.5 Å². The largest absolute Gasteiger partial charge is 0.481 e. The SMILES string of the molecule is CCOCCN1C(=O)C2(CCN(c3cc(OC)nc(N)n3)C2)c2ccccc21. The van der Waals surface area contributed by atoms with E-state index >= 15 is 0 Å². The van der Waals surface area contributed by atoms with Gasteiger partial charge < -0.3 is 25.0 Å². The van der Waals surface area contributed by atoms with Crippen molar-refractivity contribution in [3.05, 3.63) is 35.9 Å². The summed E-state index contributed by atoms with van der Waals surface area (Å²) in [6, 6.07) is 9.80. The van der Waals surface area contributed by atoms with Gasteiger partial charge in [-0.05, 0) is 25.0 Å². The van der Waals surface area contributed by atoms with Gasteiger partial charge in [0.05, 0.1) is 19.1 Å². The fraction of sp³-hybridized carbons (Fsp3) is 0.450. The van der Waals surface area contributed by atoms with E-state index < -0.39 is 5.41 Å². The Kier molecular flexibility index (Phi) is 4.80. The number of fused-ring (bicyclic) bond motifs is 2. The van der Waals surface area contributed by atoms with Crippen LogP contribution in [-0.2, 0) is 14.9 Å². The van der Waals surface area contributed by atoms with Crippen LogP contribution in [0.25, 0.3) is 0 Å². The summed E-state index contributed by atoms with van der Waals surface area (Å²) < 4.78 is 10.7. The molecule has 1 atom stereocenters. The molecule has 148 valence electrons. The Bertz CT molecular complexity index is 890. The Balaban J connectivity index is 1.65. The van der Waals surface area contributed by atoms with Crippen LogP contribution < -0.4 is 20.3 Å². The Labute approximate surface area is 164 Å². The van der Waals surface area contributed by atoms with Crippen LogP contribution in [0.15, 0.2) is 30.3 Å². The molecule has 8 nitrogen and oxygen atoms in total. The highest BCUT2D eigenvalue weighted by molar-refractivity contribution is 6.09. The molecule has 8 heteroatoms. The fourth-order valence-electron chi connectivity index (χ4n) is 4.22. The van der Waals surface area contributed by atoms with Crippen molar-refractivity contribution < 1.29 is 14.3 Å². The van der Waals surface area contributed by atoms with E-state index in [1.54, 1.807) is 13.2 Å². The van der Waals surface area contributed by atoms with Crippen LogP contribution in [0.1, 0.15) is 18.9 Å². The van der Waals surface area contributed by atoms with E-state index in [0.29, 0.717) is 44.5 Å². The van der Waals surface area contributed by atoms with Crippen LogP contribution in [0.2, 0.25) is 0 Å². The molecule has 2 aliphatic rings. The van der Waals surface area contributed by atoms with Crippen molar-refractivity contribution in [3.63, 3.8) is 0 Å². The number of hydrogen-bond acceptors (Lipinski definition) is 7. The van der Waals surface area contributed by atoms with E-state index in [-0.39, 0.29) is 11.9 Å². The lowest BCUT2D eigenvalue weighted by molar-refractivity contribution is -0.122. The van der Waals surface area contributed by atoms with E-state index in [2.05, 4.69) is 20.9 Å². The van der Waals surface area contributed by atoms with E-state index in [4.69, 9.17) is 15.2 Å². The molecule has 4 rings (SSSR count). The zero-order chi connectivity index (χ0) is 19.7. The summed E-state index contributed by atoms with van der Waals surface area (Å²) in [5, 5.41) is 0. The molecule has 0 radical (unpaired) electrons. The number of aromatic nitrogens is 2. The Morgan fingerprint density at radius 1 is 1.29 bits per heavy atom. The summed E-state index contributed by atoms with van der Waals surface area (Å²) >= 11 is 0. The molecule has 0 aliphatic carbocycles. The van der Waals surface area contributed by atoms with Crippen molar-refractivity contribution in [1.29, 1.82) is 0 Å². The summed E-state index contributed by atoms with van der Waals surface area (Å²) in [6.07, 6.45) is 0.722. The number of para-hydroxylation sites is 1. The molecule has 1 unspecified atom stereocenters. The Morgan fingerprint density at radius 2 is 2.11 bits per heavy atom. The van der Waals surface area contributed by atoms with Crippen molar-refractivity contribution in [3.8, 4) is 5.88 Å². The molecule has 2 aliphatic heterocycles. The van der Waals surface area contributed by atoms with Crippen LogP contribution >= 0.6 is 0 Å². The summed E-state index contributed by atoms with van der Waals surface area (Å²) in [6.45, 7) is 4.93. The monoisotopic (exact) mass is 383 g/mol. The molecule has 1 amide bonds. The molecule has 3 heterocycles. The van der Waals surface area contributed by atoms with Crippen LogP contribution in [0, 0.1) is 0 Å². The third kappa shape index (κ3) is 2.93. The number of methoxy groups -OCH3 is 1. The van der Waals surface area contributed by atoms with Gasteiger partial charge in [-0.25, -0.2) is 0 Å². The standard InChI is InChI=1S/C20H25N5O3/c1-3-28-11-10-25-15-7-5-4-6-14(15)20(18(25)26)8-9-24(13-20)16-12-17(27-2)23-19(21)22-16/h4-7,12H,3,8-11,13H2,1-2H3,(H2,21,22,23). The highest BCUT2D eigenvalue weighted by atomic mass is 16.5. The van der Waals surface area contributed by atoms with Gasteiger partial charge in [0.1, 0.15) is 5.82 Å². The molecular weight excluding hydrogens is 358 g/mol. The molecular formula is C20H25N5O3. The van der Waals surface area contributed by atoms with Crippen LogP contribution in [0.4, 0.5) is 17.5 Å². The zero-order valence-corrected chi connectivity index (χ0v) is 16.2. The molecule has 0 saturated carbocycles. The number of nitrogens with zero attached hydrogens (tertiary/aromatic N) is 4. The number of rotatable bonds is 6. The van der Waals surface area contributed by atoms with Crippen molar-refractivity contribution in [2.45, 2.75) is 18.8 Å². The highest BCUT2D eigenvalue weighted by Gasteiger charge is 2.54. The minimum atomic E-state index is -0.574. The number of nitrogens with two attached hydrogens (primary N) is 1. The highest BCUT2D eigenvalue weighted by Crippen LogP contribution is 2.47. The molecule has 1 saturated heterocycles. The van der Waals surface area contributed by atoms with Crippen LogP contribution in [0.5, 0.6) is 5.88 Å². The molecule has 1 fully saturated rings. The maximum atomic E-state index is 13.5. The van der Waals surface area contributed by atoms with Crippen LogP contribution in [-0.4, -0.2) is 55.8 Å². The van der Waals surface area contributed by atoms with Gasteiger partial charge in [-0.15, -0.1) is 0 Å². The maximum absolute atomic E-state index is 13.5. The summed E-state index contributed by atoms with van der Waals surface area (Å²) in [5.41, 5.74) is 7.31. The molecule has 28 heavy (non-hydrogen) atoms. The minimum absolute atomic E-state index is 0.130. The van der Waals surface area contributed by atoms with Gasteiger partial charge >= 0.3 is 0 Å². The normalized spacial score (nSPS) is 20.9. The summed E-state index contributed by atoms with van der Waals surface area (Å²) in [7, 11) is 1.55. The summed E-state index contributed by atoms with van der Waals surface area (Å²) in [4.78, 5) is 25.9. The van der Waals surface area contributed by atoms with E-state index in [1.807, 2.05) is 30.0 Å². The number of carbonyl (C=O) groups is 1. The average molecular weight is 383 g/mol. The van der Waals surface area contributed by atoms with Crippen LogP contribution in [0.3, 0.4) is 0 Å². The van der Waals surface area contributed by atoms with Gasteiger partial charge in [0, 0.05) is 38.0 Å². The molecule has 2 aromatic rings. The minimum Gasteiger partial charge on any atom is -0.481 e. The Morgan fingerprint density at radius 3 is 2.89 bits per heavy atom. The smallest absolute Gasteiger partial charge is 0.239 e.